The molecule has 2 N–H and O–H groups in total. The minimum atomic E-state index is -3.43. The van der Waals surface area contributed by atoms with Gasteiger partial charge in [-0.05, 0) is 37.6 Å². The maximum absolute atomic E-state index is 11.9. The van der Waals surface area contributed by atoms with Crippen LogP contribution in [-0.2, 0) is 16.6 Å². The molecule has 0 aliphatic carbocycles. The van der Waals surface area contributed by atoms with Crippen LogP contribution in [0.25, 0.3) is 0 Å². The summed E-state index contributed by atoms with van der Waals surface area (Å²) < 4.78 is 26.4. The maximum atomic E-state index is 11.9. The number of rotatable bonds is 8. The summed E-state index contributed by atoms with van der Waals surface area (Å²) in [5.74, 6) is 0. The van der Waals surface area contributed by atoms with E-state index in [1.807, 2.05) is 12.1 Å². The summed E-state index contributed by atoms with van der Waals surface area (Å²) in [5, 5.41) is 3.27. The Bertz CT molecular complexity index is 507. The molecule has 5 heteroatoms. The Morgan fingerprint density at radius 2 is 1.89 bits per heavy atom. The van der Waals surface area contributed by atoms with Crippen molar-refractivity contribution in [1.82, 2.24) is 10.0 Å². The van der Waals surface area contributed by atoms with Crippen LogP contribution in [0.1, 0.15) is 25.8 Å². The Balaban J connectivity index is 2.67. The smallest absolute Gasteiger partial charge is 0.240 e. The van der Waals surface area contributed by atoms with Crippen LogP contribution in [0.5, 0.6) is 0 Å². The monoisotopic (exact) mass is 282 g/mol. The van der Waals surface area contributed by atoms with E-state index in [9.17, 15) is 8.42 Å². The van der Waals surface area contributed by atoms with Gasteiger partial charge in [-0.25, -0.2) is 13.1 Å². The van der Waals surface area contributed by atoms with Crippen LogP contribution in [0.4, 0.5) is 0 Å². The lowest BCUT2D eigenvalue weighted by Crippen LogP contribution is -2.25. The average molecular weight is 282 g/mol. The van der Waals surface area contributed by atoms with Crippen molar-refractivity contribution in [2.75, 3.05) is 13.1 Å². The largest absolute Gasteiger partial charge is 0.313 e. The first-order chi connectivity index (χ1) is 8.95. The Hall–Kier alpha value is -1.17. The fraction of sp³-hybridized carbons (Fsp3) is 0.429. The number of benzene rings is 1. The maximum Gasteiger partial charge on any atom is 0.240 e. The van der Waals surface area contributed by atoms with Crippen molar-refractivity contribution >= 4 is 10.0 Å². The summed E-state index contributed by atoms with van der Waals surface area (Å²) >= 11 is 0. The van der Waals surface area contributed by atoms with Gasteiger partial charge in [0.1, 0.15) is 0 Å². The zero-order chi connectivity index (χ0) is 14.3. The Kier molecular flexibility index (Phi) is 6.21. The summed E-state index contributed by atoms with van der Waals surface area (Å²) in [6.45, 7) is 9.54. The molecular formula is C14H22N2O2S. The topological polar surface area (TPSA) is 58.2 Å². The third-order valence-corrected chi connectivity index (χ3v) is 3.97. The Morgan fingerprint density at radius 3 is 2.42 bits per heavy atom. The summed E-state index contributed by atoms with van der Waals surface area (Å²) in [6, 6.07) is 6.92. The average Bonchev–Trinajstić information content (AvgIpc) is 2.37. The molecule has 0 radical (unpaired) electrons. The molecule has 0 unspecified atom stereocenters. The summed E-state index contributed by atoms with van der Waals surface area (Å²) in [6.07, 6.45) is 1.08. The molecule has 19 heavy (non-hydrogen) atoms. The molecule has 0 heterocycles. The molecule has 0 aliphatic heterocycles. The van der Waals surface area contributed by atoms with Crippen LogP contribution in [0.15, 0.2) is 41.3 Å². The first-order valence-electron chi connectivity index (χ1n) is 6.39. The van der Waals surface area contributed by atoms with E-state index in [4.69, 9.17) is 0 Å². The first kappa shape index (κ1) is 15.9. The third kappa shape index (κ3) is 5.55. The SMILES string of the molecule is C=C(C)CNS(=O)(=O)c1ccc(CNCCC)cc1. The molecule has 0 aromatic heterocycles. The second kappa shape index (κ2) is 7.43. The number of hydrogen-bond acceptors (Lipinski definition) is 3. The molecule has 0 saturated heterocycles. The predicted molar refractivity (Wildman–Crippen MR) is 78.4 cm³/mol. The number of sulfonamides is 1. The van der Waals surface area contributed by atoms with Crippen molar-refractivity contribution in [2.24, 2.45) is 0 Å². The van der Waals surface area contributed by atoms with E-state index in [2.05, 4.69) is 23.5 Å². The van der Waals surface area contributed by atoms with E-state index in [1.54, 1.807) is 19.1 Å². The second-order valence-corrected chi connectivity index (χ2v) is 6.37. The lowest BCUT2D eigenvalue weighted by Gasteiger charge is -2.08. The van der Waals surface area contributed by atoms with Gasteiger partial charge in [0.25, 0.3) is 0 Å². The molecule has 1 aromatic carbocycles. The van der Waals surface area contributed by atoms with E-state index in [0.717, 1.165) is 30.6 Å². The van der Waals surface area contributed by atoms with Crippen LogP contribution in [0.2, 0.25) is 0 Å². The van der Waals surface area contributed by atoms with Gasteiger partial charge < -0.3 is 5.32 Å². The van der Waals surface area contributed by atoms with Gasteiger partial charge in [-0.2, -0.15) is 0 Å². The van der Waals surface area contributed by atoms with Gasteiger partial charge in [0.15, 0.2) is 0 Å². The van der Waals surface area contributed by atoms with Gasteiger partial charge in [-0.1, -0.05) is 31.2 Å². The Morgan fingerprint density at radius 1 is 1.26 bits per heavy atom. The summed E-state index contributed by atoms with van der Waals surface area (Å²) in [4.78, 5) is 0.285. The highest BCUT2D eigenvalue weighted by atomic mass is 32.2. The van der Waals surface area contributed by atoms with Crippen molar-refractivity contribution in [3.63, 3.8) is 0 Å². The lowest BCUT2D eigenvalue weighted by molar-refractivity contribution is 0.584. The van der Waals surface area contributed by atoms with Gasteiger partial charge >= 0.3 is 0 Å². The van der Waals surface area contributed by atoms with E-state index < -0.39 is 10.0 Å². The molecular weight excluding hydrogens is 260 g/mol. The van der Waals surface area contributed by atoms with Gasteiger partial charge in [0.2, 0.25) is 10.0 Å². The molecule has 1 aromatic rings. The highest BCUT2D eigenvalue weighted by Gasteiger charge is 2.12. The normalized spacial score (nSPS) is 11.5. The molecule has 0 spiro atoms. The predicted octanol–water partition coefficient (Wildman–Crippen LogP) is 2.04. The molecule has 106 valence electrons. The highest BCUT2D eigenvalue weighted by molar-refractivity contribution is 7.89. The van der Waals surface area contributed by atoms with Gasteiger partial charge in [-0.3, -0.25) is 0 Å². The molecule has 0 aliphatic rings. The minimum Gasteiger partial charge on any atom is -0.313 e. The number of hydrogen-bond donors (Lipinski definition) is 2. The zero-order valence-corrected chi connectivity index (χ0v) is 12.4. The minimum absolute atomic E-state index is 0.266. The lowest BCUT2D eigenvalue weighted by atomic mass is 10.2. The standard InChI is InChI=1S/C14H22N2O2S/c1-4-9-15-11-13-5-7-14(8-6-13)19(17,18)16-10-12(2)3/h5-8,15-16H,2,4,9-11H2,1,3H3. The van der Waals surface area contributed by atoms with Crippen LogP contribution in [0, 0.1) is 0 Å². The fourth-order valence-corrected chi connectivity index (χ4v) is 2.59. The highest BCUT2D eigenvalue weighted by Crippen LogP contribution is 2.10. The molecule has 0 amide bonds. The molecule has 4 nitrogen and oxygen atoms in total. The van der Waals surface area contributed by atoms with Crippen molar-refractivity contribution in [2.45, 2.75) is 31.7 Å². The third-order valence-electron chi connectivity index (χ3n) is 2.55. The van der Waals surface area contributed by atoms with E-state index in [0.29, 0.717) is 0 Å². The molecule has 0 atom stereocenters. The van der Waals surface area contributed by atoms with Crippen LogP contribution < -0.4 is 10.0 Å². The molecule has 1 rings (SSSR count). The molecule has 0 bridgehead atoms. The second-order valence-electron chi connectivity index (χ2n) is 4.60. The summed E-state index contributed by atoms with van der Waals surface area (Å²) in [7, 11) is -3.43. The van der Waals surface area contributed by atoms with Crippen LogP contribution in [-0.4, -0.2) is 21.5 Å². The summed E-state index contributed by atoms with van der Waals surface area (Å²) in [5.41, 5.74) is 1.86. The van der Waals surface area contributed by atoms with Crippen molar-refractivity contribution in [3.8, 4) is 0 Å². The first-order valence-corrected chi connectivity index (χ1v) is 7.87. The van der Waals surface area contributed by atoms with Crippen molar-refractivity contribution in [3.05, 3.63) is 42.0 Å². The van der Waals surface area contributed by atoms with Gasteiger partial charge in [-0.15, -0.1) is 0 Å². The van der Waals surface area contributed by atoms with Gasteiger partial charge in [0.05, 0.1) is 4.90 Å². The van der Waals surface area contributed by atoms with Crippen LogP contribution in [0.3, 0.4) is 0 Å². The molecule has 0 saturated carbocycles. The fourth-order valence-electron chi connectivity index (χ4n) is 1.50. The van der Waals surface area contributed by atoms with E-state index >= 15 is 0 Å². The Labute approximate surface area is 116 Å². The van der Waals surface area contributed by atoms with Crippen molar-refractivity contribution in [1.29, 1.82) is 0 Å². The van der Waals surface area contributed by atoms with E-state index in [-0.39, 0.29) is 11.4 Å². The quantitative estimate of drug-likeness (QED) is 0.566. The van der Waals surface area contributed by atoms with Crippen molar-refractivity contribution < 1.29 is 8.42 Å². The van der Waals surface area contributed by atoms with E-state index in [1.165, 1.54) is 0 Å². The van der Waals surface area contributed by atoms with Gasteiger partial charge in [0, 0.05) is 13.1 Å². The molecule has 0 fully saturated rings. The van der Waals surface area contributed by atoms with Crippen LogP contribution >= 0.6 is 0 Å². The number of nitrogens with one attached hydrogen (secondary N) is 2. The zero-order valence-electron chi connectivity index (χ0n) is 11.6.